The van der Waals surface area contributed by atoms with Gasteiger partial charge in [-0.3, -0.25) is 4.57 Å². The van der Waals surface area contributed by atoms with E-state index >= 15 is 0 Å². The fourth-order valence-electron chi connectivity index (χ4n) is 1.59. The zero-order valence-electron chi connectivity index (χ0n) is 11.4. The van der Waals surface area contributed by atoms with E-state index in [0.717, 1.165) is 18.1 Å². The fraction of sp³-hybridized carbons (Fsp3) is 0.250. The summed E-state index contributed by atoms with van der Waals surface area (Å²) >= 11 is 1.35. The maximum atomic E-state index is 4.42. The van der Waals surface area contributed by atoms with Crippen LogP contribution in [-0.4, -0.2) is 41.0 Å². The van der Waals surface area contributed by atoms with Crippen molar-refractivity contribution in [2.45, 2.75) is 23.7 Å². The van der Waals surface area contributed by atoms with Gasteiger partial charge in [0.25, 0.3) is 0 Å². The molecule has 3 rings (SSSR count). The molecule has 0 fully saturated rings. The summed E-state index contributed by atoms with van der Waals surface area (Å²) in [6.45, 7) is 2.89. The van der Waals surface area contributed by atoms with Gasteiger partial charge in [-0.05, 0) is 18.2 Å². The van der Waals surface area contributed by atoms with Crippen molar-refractivity contribution in [3.8, 4) is 5.95 Å². The molecule has 0 saturated heterocycles. The van der Waals surface area contributed by atoms with Crippen LogP contribution in [0.2, 0.25) is 0 Å². The Kier molecular flexibility index (Phi) is 4.10. The Balaban J connectivity index is 1.92. The Bertz CT molecular complexity index is 679. The molecule has 21 heavy (non-hydrogen) atoms. The fourth-order valence-corrected chi connectivity index (χ4v) is 2.27. The number of anilines is 1. The zero-order valence-corrected chi connectivity index (χ0v) is 12.2. The molecule has 3 heterocycles. The van der Waals surface area contributed by atoms with Gasteiger partial charge in [0.15, 0.2) is 5.16 Å². The molecule has 0 aromatic carbocycles. The number of aromatic nitrogens is 7. The van der Waals surface area contributed by atoms with E-state index < -0.39 is 0 Å². The predicted octanol–water partition coefficient (Wildman–Crippen LogP) is 1.75. The molecule has 9 heteroatoms. The lowest BCUT2D eigenvalue weighted by Crippen LogP contribution is -2.09. The van der Waals surface area contributed by atoms with Crippen molar-refractivity contribution in [3.05, 3.63) is 31.1 Å². The molecular formula is C12H14N8S. The quantitative estimate of drug-likeness (QED) is 0.716. The predicted molar refractivity (Wildman–Crippen MR) is 78.4 cm³/mol. The van der Waals surface area contributed by atoms with Gasteiger partial charge in [0, 0.05) is 31.3 Å². The van der Waals surface area contributed by atoms with Gasteiger partial charge in [-0.25, -0.2) is 9.97 Å². The normalized spacial score (nSPS) is 10.7. The summed E-state index contributed by atoms with van der Waals surface area (Å²) in [5.74, 6) is 1.07. The molecule has 0 aliphatic rings. The largest absolute Gasteiger partial charge is 0.354 e. The molecular weight excluding hydrogens is 288 g/mol. The van der Waals surface area contributed by atoms with Crippen LogP contribution in [0.15, 0.2) is 41.4 Å². The van der Waals surface area contributed by atoms with Crippen molar-refractivity contribution in [2.24, 2.45) is 0 Å². The first kappa shape index (κ1) is 13.6. The highest BCUT2D eigenvalue weighted by atomic mass is 32.2. The molecule has 0 unspecified atom stereocenters. The molecule has 108 valence electrons. The van der Waals surface area contributed by atoms with Gasteiger partial charge in [0.1, 0.15) is 6.33 Å². The molecule has 3 aromatic rings. The third kappa shape index (κ3) is 3.37. The van der Waals surface area contributed by atoms with E-state index in [1.165, 1.54) is 11.8 Å². The van der Waals surface area contributed by atoms with Crippen LogP contribution >= 0.6 is 11.8 Å². The topological polar surface area (TPSA) is 97.2 Å². The summed E-state index contributed by atoms with van der Waals surface area (Å²) in [5.41, 5.74) is 0. The standard InChI is InChI=1S/C12H14N8S/c1-2-3-14-9-17-10(20-7-6-13-8-20)19-12(18-9)21-11-15-4-5-16-11/h4-8H,2-3H2,1H3,(H,15,16)(H,14,17,18,19). The lowest BCUT2D eigenvalue weighted by molar-refractivity contribution is 0.814. The van der Waals surface area contributed by atoms with Gasteiger partial charge in [-0.2, -0.15) is 15.0 Å². The molecule has 2 N–H and O–H groups in total. The van der Waals surface area contributed by atoms with Crippen LogP contribution in [0.3, 0.4) is 0 Å². The number of H-pyrrole nitrogens is 1. The smallest absolute Gasteiger partial charge is 0.240 e. The van der Waals surface area contributed by atoms with Crippen LogP contribution in [0.1, 0.15) is 13.3 Å². The van der Waals surface area contributed by atoms with Gasteiger partial charge in [0.05, 0.1) is 0 Å². The van der Waals surface area contributed by atoms with Crippen LogP contribution in [-0.2, 0) is 0 Å². The molecule has 0 aliphatic heterocycles. The van der Waals surface area contributed by atoms with E-state index in [1.807, 2.05) is 0 Å². The first-order valence-electron chi connectivity index (χ1n) is 6.50. The summed E-state index contributed by atoms with van der Waals surface area (Å²) in [4.78, 5) is 24.4. The van der Waals surface area contributed by atoms with E-state index in [1.54, 1.807) is 35.7 Å². The minimum Gasteiger partial charge on any atom is -0.354 e. The summed E-state index contributed by atoms with van der Waals surface area (Å²) in [7, 11) is 0. The van der Waals surface area contributed by atoms with Gasteiger partial charge in [-0.1, -0.05) is 6.92 Å². The Morgan fingerprint density at radius 2 is 2.24 bits per heavy atom. The van der Waals surface area contributed by atoms with Gasteiger partial charge in [-0.15, -0.1) is 0 Å². The second kappa shape index (κ2) is 6.35. The van der Waals surface area contributed by atoms with Crippen molar-refractivity contribution in [1.29, 1.82) is 0 Å². The summed E-state index contributed by atoms with van der Waals surface area (Å²) in [6.07, 6.45) is 9.57. The van der Waals surface area contributed by atoms with E-state index in [-0.39, 0.29) is 0 Å². The number of rotatable bonds is 6. The summed E-state index contributed by atoms with van der Waals surface area (Å²) < 4.78 is 1.74. The third-order valence-electron chi connectivity index (χ3n) is 2.53. The maximum absolute atomic E-state index is 4.42. The van der Waals surface area contributed by atoms with E-state index in [9.17, 15) is 0 Å². The van der Waals surface area contributed by atoms with Crippen LogP contribution in [0.5, 0.6) is 0 Å². The summed E-state index contributed by atoms with van der Waals surface area (Å²) in [6, 6.07) is 0. The highest BCUT2D eigenvalue weighted by Gasteiger charge is 2.10. The number of nitrogens with one attached hydrogen (secondary N) is 2. The number of aromatic amines is 1. The van der Waals surface area contributed by atoms with Gasteiger partial charge >= 0.3 is 0 Å². The minimum atomic E-state index is 0.523. The van der Waals surface area contributed by atoms with Crippen LogP contribution in [0, 0.1) is 0 Å². The lowest BCUT2D eigenvalue weighted by Gasteiger charge is -2.07. The molecule has 0 radical (unpaired) electrons. The van der Waals surface area contributed by atoms with Crippen LogP contribution in [0.4, 0.5) is 5.95 Å². The third-order valence-corrected chi connectivity index (χ3v) is 3.31. The number of nitrogens with zero attached hydrogens (tertiary/aromatic N) is 6. The Hall–Kier alpha value is -2.42. The van der Waals surface area contributed by atoms with Gasteiger partial charge < -0.3 is 10.3 Å². The molecule has 3 aromatic heterocycles. The Labute approximate surface area is 125 Å². The maximum Gasteiger partial charge on any atom is 0.240 e. The Morgan fingerprint density at radius 3 is 2.95 bits per heavy atom. The first-order chi connectivity index (χ1) is 10.3. The Morgan fingerprint density at radius 1 is 1.29 bits per heavy atom. The van der Waals surface area contributed by atoms with Crippen molar-refractivity contribution in [2.75, 3.05) is 11.9 Å². The zero-order chi connectivity index (χ0) is 14.5. The molecule has 0 atom stereocenters. The number of hydrogen-bond donors (Lipinski definition) is 2. The molecule has 0 bridgehead atoms. The highest BCUT2D eigenvalue weighted by molar-refractivity contribution is 7.99. The van der Waals surface area contributed by atoms with E-state index in [4.69, 9.17) is 0 Å². The second-order valence-electron chi connectivity index (χ2n) is 4.13. The monoisotopic (exact) mass is 302 g/mol. The average Bonchev–Trinajstić information content (AvgIpc) is 3.18. The summed E-state index contributed by atoms with van der Waals surface area (Å²) in [5, 5.41) is 4.48. The molecule has 0 aliphatic carbocycles. The van der Waals surface area contributed by atoms with E-state index in [2.05, 4.69) is 42.1 Å². The highest BCUT2D eigenvalue weighted by Crippen LogP contribution is 2.22. The average molecular weight is 302 g/mol. The van der Waals surface area contributed by atoms with Crippen molar-refractivity contribution in [1.82, 2.24) is 34.5 Å². The molecule has 0 saturated carbocycles. The second-order valence-corrected chi connectivity index (χ2v) is 5.09. The van der Waals surface area contributed by atoms with Crippen molar-refractivity contribution < 1.29 is 0 Å². The molecule has 0 amide bonds. The van der Waals surface area contributed by atoms with Crippen molar-refractivity contribution in [3.63, 3.8) is 0 Å². The SMILES string of the molecule is CCCNc1nc(Sc2ncc[nH]2)nc(-n2ccnc2)n1. The van der Waals surface area contributed by atoms with Crippen LogP contribution < -0.4 is 5.32 Å². The molecule has 8 nitrogen and oxygen atoms in total. The van der Waals surface area contributed by atoms with Crippen LogP contribution in [0.25, 0.3) is 5.95 Å². The number of imidazole rings is 2. The lowest BCUT2D eigenvalue weighted by atomic mass is 10.5. The van der Waals surface area contributed by atoms with E-state index in [0.29, 0.717) is 17.1 Å². The molecule has 0 spiro atoms. The van der Waals surface area contributed by atoms with Crippen molar-refractivity contribution >= 4 is 17.7 Å². The van der Waals surface area contributed by atoms with Gasteiger partial charge in [0.2, 0.25) is 17.1 Å². The minimum absolute atomic E-state index is 0.523. The first-order valence-corrected chi connectivity index (χ1v) is 7.32. The number of hydrogen-bond acceptors (Lipinski definition) is 7.